The molecule has 0 saturated carbocycles. The lowest BCUT2D eigenvalue weighted by Gasteiger charge is -2.33. The van der Waals surface area contributed by atoms with E-state index >= 15 is 0 Å². The van der Waals surface area contributed by atoms with Gasteiger partial charge in [0.15, 0.2) is 5.65 Å². The van der Waals surface area contributed by atoms with Crippen LogP contribution in [0.2, 0.25) is 0 Å². The maximum absolute atomic E-state index is 11.9. The number of amides is 1. The molecule has 1 saturated heterocycles. The molecule has 130 valence electrons. The molecule has 0 unspecified atom stereocenters. The summed E-state index contributed by atoms with van der Waals surface area (Å²) in [5.74, 6) is 0.939. The van der Waals surface area contributed by atoms with Gasteiger partial charge in [0.25, 0.3) is 0 Å². The van der Waals surface area contributed by atoms with Crippen LogP contribution in [0.15, 0.2) is 18.3 Å². The molecule has 8 heteroatoms. The van der Waals surface area contributed by atoms with Crippen LogP contribution in [-0.2, 0) is 4.74 Å². The lowest BCUT2D eigenvalue weighted by atomic mass is 10.1. The number of carbonyl (C=O) groups is 1. The van der Waals surface area contributed by atoms with Crippen LogP contribution in [0.1, 0.15) is 33.6 Å². The van der Waals surface area contributed by atoms with Crippen LogP contribution in [0.5, 0.6) is 0 Å². The molecule has 2 aromatic heterocycles. The summed E-state index contributed by atoms with van der Waals surface area (Å²) in [7, 11) is 0. The Labute approximate surface area is 154 Å². The first-order valence-corrected chi connectivity index (χ1v) is 9.14. The van der Waals surface area contributed by atoms with E-state index < -0.39 is 5.60 Å². The highest BCUT2D eigenvalue weighted by Gasteiger charge is 2.24. The fourth-order valence-electron chi connectivity index (χ4n) is 2.73. The molecule has 0 bridgehead atoms. The van der Waals surface area contributed by atoms with Crippen LogP contribution in [-0.4, -0.2) is 45.4 Å². The molecule has 7 nitrogen and oxygen atoms in total. The molecular weight excluding hydrogens is 421 g/mol. The number of hydrogen-bond acceptors (Lipinski definition) is 5. The Morgan fingerprint density at radius 3 is 2.71 bits per heavy atom. The second-order valence-corrected chi connectivity index (χ2v) is 8.06. The largest absolute Gasteiger partial charge is 0.444 e. The molecule has 1 amide bonds. The highest BCUT2D eigenvalue weighted by Crippen LogP contribution is 2.19. The van der Waals surface area contributed by atoms with Gasteiger partial charge in [-0.05, 0) is 68.3 Å². The van der Waals surface area contributed by atoms with Gasteiger partial charge in [-0.2, -0.15) is 0 Å². The summed E-state index contributed by atoms with van der Waals surface area (Å²) < 4.78 is 8.16. The molecule has 0 aliphatic carbocycles. The van der Waals surface area contributed by atoms with Crippen molar-refractivity contribution in [2.45, 2.75) is 45.3 Å². The predicted octanol–water partition coefficient (Wildman–Crippen LogP) is 2.83. The molecule has 1 aliphatic heterocycles. The number of carbonyl (C=O) groups excluding carboxylic acids is 1. The Hall–Kier alpha value is -1.58. The Bertz CT molecular complexity index is 732. The Kier molecular flexibility index (Phi) is 4.84. The van der Waals surface area contributed by atoms with Crippen LogP contribution in [0, 0.1) is 3.70 Å². The van der Waals surface area contributed by atoms with Crippen molar-refractivity contribution in [2.75, 3.05) is 18.0 Å². The van der Waals surface area contributed by atoms with E-state index in [1.807, 2.05) is 43.6 Å². The molecule has 1 fully saturated rings. The van der Waals surface area contributed by atoms with Crippen molar-refractivity contribution < 1.29 is 9.53 Å². The maximum Gasteiger partial charge on any atom is 0.407 e. The fraction of sp³-hybridized carbons (Fsp3) is 0.562. The lowest BCUT2D eigenvalue weighted by Crippen LogP contribution is -2.46. The molecule has 3 heterocycles. The summed E-state index contributed by atoms with van der Waals surface area (Å²) in [5.41, 5.74) is 0.385. The van der Waals surface area contributed by atoms with Crippen LogP contribution >= 0.6 is 22.6 Å². The summed E-state index contributed by atoms with van der Waals surface area (Å²) in [4.78, 5) is 18.4. The van der Waals surface area contributed by atoms with Gasteiger partial charge in [0.2, 0.25) is 0 Å². The average Bonchev–Trinajstić information content (AvgIpc) is 2.87. The first-order valence-electron chi connectivity index (χ1n) is 8.06. The van der Waals surface area contributed by atoms with Crippen LogP contribution in [0.4, 0.5) is 10.6 Å². The van der Waals surface area contributed by atoms with E-state index in [4.69, 9.17) is 4.74 Å². The fourth-order valence-corrected chi connectivity index (χ4v) is 3.23. The number of aromatic nitrogens is 3. The van der Waals surface area contributed by atoms with E-state index in [0.29, 0.717) is 0 Å². The Morgan fingerprint density at radius 2 is 2.04 bits per heavy atom. The summed E-state index contributed by atoms with van der Waals surface area (Å²) >= 11 is 2.23. The zero-order chi connectivity index (χ0) is 17.3. The number of piperidine rings is 1. The summed E-state index contributed by atoms with van der Waals surface area (Å²) in [5, 5.41) is 7.61. The smallest absolute Gasteiger partial charge is 0.407 e. The number of anilines is 1. The van der Waals surface area contributed by atoms with Gasteiger partial charge in [-0.3, -0.25) is 0 Å². The zero-order valence-corrected chi connectivity index (χ0v) is 16.3. The van der Waals surface area contributed by atoms with Gasteiger partial charge in [-0.25, -0.2) is 14.3 Å². The number of halogens is 1. The van der Waals surface area contributed by atoms with E-state index in [1.165, 1.54) is 0 Å². The van der Waals surface area contributed by atoms with Crippen molar-refractivity contribution in [3.8, 4) is 0 Å². The molecular formula is C16H22IN5O2. The Morgan fingerprint density at radius 1 is 1.33 bits per heavy atom. The number of nitrogens with zero attached hydrogens (tertiary/aromatic N) is 4. The maximum atomic E-state index is 11.9. The first-order chi connectivity index (χ1) is 11.3. The van der Waals surface area contributed by atoms with E-state index in [9.17, 15) is 4.79 Å². The van der Waals surface area contributed by atoms with Crippen molar-refractivity contribution in [2.24, 2.45) is 0 Å². The predicted molar refractivity (Wildman–Crippen MR) is 100 cm³/mol. The third kappa shape index (κ3) is 4.08. The van der Waals surface area contributed by atoms with Crippen LogP contribution in [0.25, 0.3) is 5.65 Å². The summed E-state index contributed by atoms with van der Waals surface area (Å²) in [6, 6.07) is 4.13. The molecule has 0 aromatic carbocycles. The van der Waals surface area contributed by atoms with Gasteiger partial charge in [-0.1, -0.05) is 0 Å². The number of fused-ring (bicyclic) bond motifs is 1. The van der Waals surface area contributed by atoms with Gasteiger partial charge in [0.05, 0.1) is 6.20 Å². The number of ether oxygens (including phenoxy) is 1. The van der Waals surface area contributed by atoms with Gasteiger partial charge in [0.1, 0.15) is 15.1 Å². The minimum Gasteiger partial charge on any atom is -0.444 e. The average molecular weight is 443 g/mol. The summed E-state index contributed by atoms with van der Waals surface area (Å²) in [6.45, 7) is 7.31. The molecule has 3 rings (SSSR count). The second kappa shape index (κ2) is 6.73. The van der Waals surface area contributed by atoms with Gasteiger partial charge < -0.3 is 15.0 Å². The minimum absolute atomic E-state index is 0.146. The number of nitrogens with one attached hydrogen (secondary N) is 1. The molecule has 0 spiro atoms. The molecule has 1 aliphatic rings. The van der Waals surface area contributed by atoms with E-state index in [1.54, 1.807) is 0 Å². The quantitative estimate of drug-likeness (QED) is 0.723. The molecule has 24 heavy (non-hydrogen) atoms. The standard InChI is InChI=1S/C16H22IN5O2/c1-16(2,3)24-15(23)19-11-6-8-21(9-7-11)14-5-4-13-18-10-12(17)22(13)20-14/h4-5,10-11H,6-9H2,1-3H3,(H,19,23). The second-order valence-electron chi connectivity index (χ2n) is 6.95. The SMILES string of the molecule is CC(C)(C)OC(=O)NC1CCN(c2ccc3ncc(I)n3n2)CC1. The van der Waals surface area contributed by atoms with E-state index in [-0.39, 0.29) is 12.1 Å². The van der Waals surface area contributed by atoms with Gasteiger partial charge in [-0.15, -0.1) is 5.10 Å². The normalized spacial score (nSPS) is 16.4. The van der Waals surface area contributed by atoms with Crippen LogP contribution < -0.4 is 10.2 Å². The zero-order valence-electron chi connectivity index (χ0n) is 14.1. The minimum atomic E-state index is -0.466. The molecule has 1 N–H and O–H groups in total. The molecule has 0 radical (unpaired) electrons. The third-order valence-electron chi connectivity index (χ3n) is 3.85. The van der Waals surface area contributed by atoms with Gasteiger partial charge in [0, 0.05) is 19.1 Å². The molecule has 0 atom stereocenters. The molecule has 2 aromatic rings. The summed E-state index contributed by atoms with van der Waals surface area (Å²) in [6.07, 6.45) is 3.22. The number of alkyl carbamates (subject to hydrolysis) is 1. The topological polar surface area (TPSA) is 71.8 Å². The van der Waals surface area contributed by atoms with Crippen molar-refractivity contribution in [1.82, 2.24) is 19.9 Å². The van der Waals surface area contributed by atoms with Crippen molar-refractivity contribution >= 4 is 40.1 Å². The van der Waals surface area contributed by atoms with E-state index in [0.717, 1.165) is 41.1 Å². The third-order valence-corrected chi connectivity index (χ3v) is 4.58. The van der Waals surface area contributed by atoms with Crippen molar-refractivity contribution in [3.63, 3.8) is 0 Å². The monoisotopic (exact) mass is 443 g/mol. The number of imidazole rings is 1. The highest BCUT2D eigenvalue weighted by molar-refractivity contribution is 14.1. The Balaban J connectivity index is 1.58. The van der Waals surface area contributed by atoms with Crippen molar-refractivity contribution in [3.05, 3.63) is 22.0 Å². The highest BCUT2D eigenvalue weighted by atomic mass is 127. The number of hydrogen-bond donors (Lipinski definition) is 1. The van der Waals surface area contributed by atoms with Crippen LogP contribution in [0.3, 0.4) is 0 Å². The number of rotatable bonds is 2. The lowest BCUT2D eigenvalue weighted by molar-refractivity contribution is 0.0497. The first kappa shape index (κ1) is 17.2. The van der Waals surface area contributed by atoms with Crippen molar-refractivity contribution in [1.29, 1.82) is 0 Å². The van der Waals surface area contributed by atoms with Gasteiger partial charge >= 0.3 is 6.09 Å². The van der Waals surface area contributed by atoms with E-state index in [2.05, 4.69) is 42.9 Å².